The van der Waals surface area contributed by atoms with Gasteiger partial charge in [-0.1, -0.05) is 23.7 Å². The fraction of sp³-hybridized carbons (Fsp3) is 0.188. The molecular weight excluding hydrogens is 288 g/mol. The zero-order valence-corrected chi connectivity index (χ0v) is 12.6. The van der Waals surface area contributed by atoms with Gasteiger partial charge in [0, 0.05) is 16.4 Å². The number of hydrogen-bond acceptors (Lipinski definition) is 3. The van der Waals surface area contributed by atoms with Gasteiger partial charge in [0.15, 0.2) is 6.10 Å². The summed E-state index contributed by atoms with van der Waals surface area (Å²) in [7, 11) is 0. The fourth-order valence-electron chi connectivity index (χ4n) is 1.81. The predicted octanol–water partition coefficient (Wildman–Crippen LogP) is 3.64. The van der Waals surface area contributed by atoms with E-state index in [1.54, 1.807) is 43.3 Å². The molecule has 0 spiro atoms. The summed E-state index contributed by atoms with van der Waals surface area (Å²) in [6.07, 6.45) is -0.649. The lowest BCUT2D eigenvalue weighted by molar-refractivity contribution is -0.122. The normalized spacial score (nSPS) is 11.8. The van der Waals surface area contributed by atoms with E-state index in [2.05, 4.69) is 5.32 Å². The van der Waals surface area contributed by atoms with Crippen LogP contribution in [0.5, 0.6) is 5.75 Å². The first-order valence-electron chi connectivity index (χ1n) is 6.55. The van der Waals surface area contributed by atoms with Gasteiger partial charge < -0.3 is 15.8 Å². The highest BCUT2D eigenvalue weighted by molar-refractivity contribution is 6.30. The van der Waals surface area contributed by atoms with Crippen LogP contribution in [0.25, 0.3) is 0 Å². The molecule has 4 nitrogen and oxygen atoms in total. The van der Waals surface area contributed by atoms with Gasteiger partial charge in [-0.15, -0.1) is 0 Å². The molecule has 0 aromatic heterocycles. The Bertz CT molecular complexity index is 658. The standard InChI is InChI=1S/C16H17ClN2O2/c1-10-6-7-13(18)9-15(10)19-16(20)11(2)21-14-5-3-4-12(17)8-14/h3-9,11H,18H2,1-2H3,(H,19,20). The Balaban J connectivity index is 2.04. The molecule has 110 valence electrons. The Morgan fingerprint density at radius 1 is 1.29 bits per heavy atom. The molecule has 1 atom stereocenters. The summed E-state index contributed by atoms with van der Waals surface area (Å²) in [6, 6.07) is 12.3. The number of rotatable bonds is 4. The highest BCUT2D eigenvalue weighted by Crippen LogP contribution is 2.20. The number of nitrogens with one attached hydrogen (secondary N) is 1. The molecule has 2 aromatic rings. The molecule has 0 heterocycles. The molecule has 0 bridgehead atoms. The molecule has 2 rings (SSSR count). The Kier molecular flexibility index (Phi) is 4.70. The number of nitrogens with two attached hydrogens (primary N) is 1. The number of anilines is 2. The van der Waals surface area contributed by atoms with Crippen LogP contribution in [-0.2, 0) is 4.79 Å². The molecular formula is C16H17ClN2O2. The van der Waals surface area contributed by atoms with E-state index in [1.807, 2.05) is 13.0 Å². The van der Waals surface area contributed by atoms with Crippen LogP contribution >= 0.6 is 11.6 Å². The molecule has 0 radical (unpaired) electrons. The average molecular weight is 305 g/mol. The van der Waals surface area contributed by atoms with Crippen molar-refractivity contribution in [1.29, 1.82) is 0 Å². The maximum Gasteiger partial charge on any atom is 0.265 e. The number of carbonyl (C=O) groups excluding carboxylic acids is 1. The van der Waals surface area contributed by atoms with Crippen molar-refractivity contribution >= 4 is 28.9 Å². The number of ether oxygens (including phenoxy) is 1. The number of carbonyl (C=O) groups is 1. The summed E-state index contributed by atoms with van der Waals surface area (Å²) in [6.45, 7) is 3.58. The van der Waals surface area contributed by atoms with Crippen molar-refractivity contribution in [2.45, 2.75) is 20.0 Å². The van der Waals surface area contributed by atoms with E-state index < -0.39 is 6.10 Å². The summed E-state index contributed by atoms with van der Waals surface area (Å²) in [5, 5.41) is 3.37. The monoisotopic (exact) mass is 304 g/mol. The summed E-state index contributed by atoms with van der Waals surface area (Å²) in [5.74, 6) is 0.304. The summed E-state index contributed by atoms with van der Waals surface area (Å²) >= 11 is 5.88. The highest BCUT2D eigenvalue weighted by Gasteiger charge is 2.16. The molecule has 0 saturated heterocycles. The van der Waals surface area contributed by atoms with Gasteiger partial charge in [0.2, 0.25) is 0 Å². The lowest BCUT2D eigenvalue weighted by atomic mass is 10.1. The van der Waals surface area contributed by atoms with Gasteiger partial charge in [-0.3, -0.25) is 4.79 Å². The molecule has 1 amide bonds. The van der Waals surface area contributed by atoms with Crippen molar-refractivity contribution < 1.29 is 9.53 Å². The fourth-order valence-corrected chi connectivity index (χ4v) is 1.99. The van der Waals surface area contributed by atoms with Gasteiger partial charge in [0.1, 0.15) is 5.75 Å². The van der Waals surface area contributed by atoms with Crippen molar-refractivity contribution in [2.75, 3.05) is 11.1 Å². The molecule has 0 aliphatic rings. The topological polar surface area (TPSA) is 64.3 Å². The molecule has 21 heavy (non-hydrogen) atoms. The van der Waals surface area contributed by atoms with Crippen molar-refractivity contribution in [1.82, 2.24) is 0 Å². The second-order valence-electron chi connectivity index (χ2n) is 4.78. The van der Waals surface area contributed by atoms with Crippen LogP contribution in [0.2, 0.25) is 5.02 Å². The third-order valence-electron chi connectivity index (χ3n) is 3.00. The van der Waals surface area contributed by atoms with Gasteiger partial charge in [0.05, 0.1) is 0 Å². The molecule has 2 aromatic carbocycles. The van der Waals surface area contributed by atoms with Crippen LogP contribution in [0, 0.1) is 6.92 Å². The molecule has 0 fully saturated rings. The number of nitrogen functional groups attached to an aromatic ring is 1. The van der Waals surface area contributed by atoms with Crippen LogP contribution < -0.4 is 15.8 Å². The zero-order valence-electron chi connectivity index (χ0n) is 11.9. The van der Waals surface area contributed by atoms with Crippen LogP contribution in [0.15, 0.2) is 42.5 Å². The quantitative estimate of drug-likeness (QED) is 0.848. The van der Waals surface area contributed by atoms with E-state index >= 15 is 0 Å². The minimum Gasteiger partial charge on any atom is -0.481 e. The van der Waals surface area contributed by atoms with E-state index in [0.29, 0.717) is 22.1 Å². The Labute approximate surface area is 128 Å². The Morgan fingerprint density at radius 3 is 2.76 bits per heavy atom. The highest BCUT2D eigenvalue weighted by atomic mass is 35.5. The van der Waals surface area contributed by atoms with Gasteiger partial charge in [-0.05, 0) is 49.7 Å². The second kappa shape index (κ2) is 6.50. The SMILES string of the molecule is Cc1ccc(N)cc1NC(=O)C(C)Oc1cccc(Cl)c1. The maximum atomic E-state index is 12.2. The number of amides is 1. The molecule has 1 unspecified atom stereocenters. The van der Waals surface area contributed by atoms with Crippen molar-refractivity contribution in [3.05, 3.63) is 53.1 Å². The van der Waals surface area contributed by atoms with Gasteiger partial charge in [-0.25, -0.2) is 0 Å². The minimum atomic E-state index is -0.649. The molecule has 0 aliphatic heterocycles. The molecule has 3 N–H and O–H groups in total. The van der Waals surface area contributed by atoms with Crippen molar-refractivity contribution in [3.8, 4) is 5.75 Å². The van der Waals surface area contributed by atoms with Crippen LogP contribution in [0.4, 0.5) is 11.4 Å². The largest absolute Gasteiger partial charge is 0.481 e. The van der Waals surface area contributed by atoms with Crippen molar-refractivity contribution in [2.24, 2.45) is 0 Å². The van der Waals surface area contributed by atoms with E-state index in [0.717, 1.165) is 5.56 Å². The Morgan fingerprint density at radius 2 is 2.05 bits per heavy atom. The Hall–Kier alpha value is -2.20. The van der Waals surface area contributed by atoms with E-state index in [-0.39, 0.29) is 5.91 Å². The number of aryl methyl sites for hydroxylation is 1. The van der Waals surface area contributed by atoms with E-state index in [4.69, 9.17) is 22.1 Å². The van der Waals surface area contributed by atoms with E-state index in [9.17, 15) is 4.79 Å². The lowest BCUT2D eigenvalue weighted by Gasteiger charge is -2.16. The molecule has 5 heteroatoms. The third-order valence-corrected chi connectivity index (χ3v) is 3.23. The predicted molar refractivity (Wildman–Crippen MR) is 85.8 cm³/mol. The lowest BCUT2D eigenvalue weighted by Crippen LogP contribution is -2.30. The number of benzene rings is 2. The average Bonchev–Trinajstić information content (AvgIpc) is 2.43. The van der Waals surface area contributed by atoms with Crippen LogP contribution in [-0.4, -0.2) is 12.0 Å². The van der Waals surface area contributed by atoms with Crippen molar-refractivity contribution in [3.63, 3.8) is 0 Å². The summed E-state index contributed by atoms with van der Waals surface area (Å²) < 4.78 is 5.57. The summed E-state index contributed by atoms with van der Waals surface area (Å²) in [4.78, 5) is 12.2. The molecule has 0 saturated carbocycles. The number of hydrogen-bond donors (Lipinski definition) is 2. The zero-order chi connectivity index (χ0) is 15.4. The first-order chi connectivity index (χ1) is 9.95. The van der Waals surface area contributed by atoms with Crippen LogP contribution in [0.1, 0.15) is 12.5 Å². The van der Waals surface area contributed by atoms with Gasteiger partial charge in [-0.2, -0.15) is 0 Å². The first-order valence-corrected chi connectivity index (χ1v) is 6.92. The van der Waals surface area contributed by atoms with Gasteiger partial charge in [0.25, 0.3) is 5.91 Å². The maximum absolute atomic E-state index is 12.2. The third kappa shape index (κ3) is 4.13. The first kappa shape index (κ1) is 15.2. The van der Waals surface area contributed by atoms with E-state index in [1.165, 1.54) is 0 Å². The minimum absolute atomic E-state index is 0.247. The second-order valence-corrected chi connectivity index (χ2v) is 5.22. The van der Waals surface area contributed by atoms with Crippen LogP contribution in [0.3, 0.4) is 0 Å². The number of halogens is 1. The molecule has 0 aliphatic carbocycles. The summed E-state index contributed by atoms with van der Waals surface area (Å²) in [5.41, 5.74) is 7.94. The van der Waals surface area contributed by atoms with Gasteiger partial charge >= 0.3 is 0 Å². The smallest absolute Gasteiger partial charge is 0.265 e.